The van der Waals surface area contributed by atoms with E-state index in [1.54, 1.807) is 7.11 Å². The van der Waals surface area contributed by atoms with E-state index >= 15 is 0 Å². The highest BCUT2D eigenvalue weighted by Crippen LogP contribution is 2.29. The van der Waals surface area contributed by atoms with Gasteiger partial charge in [0, 0.05) is 5.56 Å². The van der Waals surface area contributed by atoms with E-state index in [4.69, 9.17) is 9.47 Å². The predicted octanol–water partition coefficient (Wildman–Crippen LogP) is 5.43. The highest BCUT2D eigenvalue weighted by molar-refractivity contribution is 6.02. The van der Waals surface area contributed by atoms with Crippen LogP contribution in [-0.4, -0.2) is 25.3 Å². The minimum Gasteiger partial charge on any atom is -0.497 e. The Morgan fingerprint density at radius 2 is 1.59 bits per heavy atom. The van der Waals surface area contributed by atoms with Crippen molar-refractivity contribution in [2.24, 2.45) is 5.10 Å². The van der Waals surface area contributed by atoms with Crippen molar-refractivity contribution in [3.8, 4) is 22.6 Å². The number of methoxy groups -OCH3 is 1. The first-order valence-corrected chi connectivity index (χ1v) is 10.3. The monoisotopic (exact) mass is 424 g/mol. The molecule has 0 spiro atoms. The highest BCUT2D eigenvalue weighted by Gasteiger charge is 2.08. The van der Waals surface area contributed by atoms with Gasteiger partial charge in [-0.3, -0.25) is 4.79 Å². The Balaban J connectivity index is 1.40. The normalized spacial score (nSPS) is 11.2. The maximum Gasteiger partial charge on any atom is 0.277 e. The van der Waals surface area contributed by atoms with Gasteiger partial charge in [0.25, 0.3) is 5.91 Å². The summed E-state index contributed by atoms with van der Waals surface area (Å²) in [6.07, 6.45) is 0. The average molecular weight is 425 g/mol. The van der Waals surface area contributed by atoms with Crippen molar-refractivity contribution in [2.75, 3.05) is 13.7 Å². The number of para-hydroxylation sites is 1. The van der Waals surface area contributed by atoms with Crippen molar-refractivity contribution < 1.29 is 14.3 Å². The highest BCUT2D eigenvalue weighted by atomic mass is 16.5. The zero-order chi connectivity index (χ0) is 22.3. The minimum atomic E-state index is -0.322. The van der Waals surface area contributed by atoms with Crippen LogP contribution in [0, 0.1) is 0 Å². The Labute approximate surface area is 187 Å². The number of nitrogens with one attached hydrogen (secondary N) is 1. The maximum atomic E-state index is 12.3. The molecule has 0 unspecified atom stereocenters. The molecular formula is C27H24N2O3. The molecule has 0 aliphatic heterocycles. The van der Waals surface area contributed by atoms with Crippen LogP contribution in [0.1, 0.15) is 12.5 Å². The molecule has 4 aromatic rings. The van der Waals surface area contributed by atoms with Gasteiger partial charge in [-0.1, -0.05) is 66.7 Å². The topological polar surface area (TPSA) is 59.9 Å². The molecule has 0 atom stereocenters. The van der Waals surface area contributed by atoms with E-state index in [0.717, 1.165) is 33.2 Å². The molecule has 1 amide bonds. The summed E-state index contributed by atoms with van der Waals surface area (Å²) in [6.45, 7) is 1.73. The SMILES string of the molecule is COc1ccc2cc(/C(C)=N\NC(=O)COc3ccccc3-c3ccccc3)ccc2c1. The number of rotatable bonds is 7. The second kappa shape index (κ2) is 9.79. The summed E-state index contributed by atoms with van der Waals surface area (Å²) in [5, 5.41) is 6.39. The van der Waals surface area contributed by atoms with E-state index in [9.17, 15) is 4.79 Å². The predicted molar refractivity (Wildman–Crippen MR) is 128 cm³/mol. The Morgan fingerprint density at radius 3 is 2.41 bits per heavy atom. The van der Waals surface area contributed by atoms with Crippen LogP contribution >= 0.6 is 0 Å². The lowest BCUT2D eigenvalue weighted by Crippen LogP contribution is -2.25. The molecule has 0 saturated carbocycles. The molecule has 5 heteroatoms. The van der Waals surface area contributed by atoms with Crippen LogP contribution in [0.2, 0.25) is 0 Å². The smallest absolute Gasteiger partial charge is 0.277 e. The molecule has 32 heavy (non-hydrogen) atoms. The molecule has 0 aliphatic rings. The molecule has 160 valence electrons. The van der Waals surface area contributed by atoms with Gasteiger partial charge in [-0.15, -0.1) is 0 Å². The fourth-order valence-corrected chi connectivity index (χ4v) is 3.41. The molecule has 0 fully saturated rings. The minimum absolute atomic E-state index is 0.127. The van der Waals surface area contributed by atoms with Gasteiger partial charge in [-0.2, -0.15) is 5.10 Å². The van der Waals surface area contributed by atoms with E-state index in [-0.39, 0.29) is 12.5 Å². The van der Waals surface area contributed by atoms with Crippen molar-refractivity contribution >= 4 is 22.4 Å². The number of carbonyl (C=O) groups is 1. The van der Waals surface area contributed by atoms with Gasteiger partial charge in [0.15, 0.2) is 6.61 Å². The molecular weight excluding hydrogens is 400 g/mol. The van der Waals surface area contributed by atoms with E-state index in [1.165, 1.54) is 0 Å². The van der Waals surface area contributed by atoms with E-state index in [2.05, 4.69) is 10.5 Å². The standard InChI is InChI=1S/C27H24N2O3/c1-19(21-12-13-23-17-24(31-2)15-14-22(23)16-21)28-29-27(30)18-32-26-11-7-6-10-25(26)20-8-4-3-5-9-20/h3-17H,18H2,1-2H3,(H,29,30)/b28-19-. The molecule has 1 N–H and O–H groups in total. The van der Waals surface area contributed by atoms with Gasteiger partial charge < -0.3 is 9.47 Å². The third-order valence-corrected chi connectivity index (χ3v) is 5.14. The summed E-state index contributed by atoms with van der Waals surface area (Å²) in [6, 6.07) is 29.5. The zero-order valence-electron chi connectivity index (χ0n) is 18.0. The Morgan fingerprint density at radius 1 is 0.875 bits per heavy atom. The summed E-state index contributed by atoms with van der Waals surface area (Å²) >= 11 is 0. The number of hydrogen-bond acceptors (Lipinski definition) is 4. The van der Waals surface area contributed by atoms with Crippen LogP contribution in [0.3, 0.4) is 0 Å². The van der Waals surface area contributed by atoms with Gasteiger partial charge in [0.05, 0.1) is 12.8 Å². The molecule has 5 nitrogen and oxygen atoms in total. The van der Waals surface area contributed by atoms with Gasteiger partial charge in [0.1, 0.15) is 11.5 Å². The number of ether oxygens (including phenoxy) is 2. The van der Waals surface area contributed by atoms with Crippen LogP contribution in [0.4, 0.5) is 0 Å². The molecule has 0 saturated heterocycles. The van der Waals surface area contributed by atoms with Crippen LogP contribution in [0.15, 0.2) is 96.1 Å². The third kappa shape index (κ3) is 4.95. The van der Waals surface area contributed by atoms with Crippen LogP contribution in [0.25, 0.3) is 21.9 Å². The summed E-state index contributed by atoms with van der Waals surface area (Å²) < 4.78 is 11.0. The lowest BCUT2D eigenvalue weighted by Gasteiger charge is -2.11. The molecule has 0 aliphatic carbocycles. The molecule has 4 aromatic carbocycles. The van der Waals surface area contributed by atoms with Crippen molar-refractivity contribution in [2.45, 2.75) is 6.92 Å². The molecule has 0 aromatic heterocycles. The lowest BCUT2D eigenvalue weighted by atomic mass is 10.0. The van der Waals surface area contributed by atoms with E-state index < -0.39 is 0 Å². The number of amides is 1. The number of benzene rings is 4. The largest absolute Gasteiger partial charge is 0.497 e. The molecule has 0 bridgehead atoms. The van der Waals surface area contributed by atoms with E-state index in [0.29, 0.717) is 11.5 Å². The molecule has 0 heterocycles. The second-order valence-corrected chi connectivity index (χ2v) is 7.31. The van der Waals surface area contributed by atoms with Crippen molar-refractivity contribution in [3.05, 3.63) is 96.6 Å². The Hall–Kier alpha value is -4.12. The number of hydrogen-bond donors (Lipinski definition) is 1. The van der Waals surface area contributed by atoms with Crippen LogP contribution < -0.4 is 14.9 Å². The van der Waals surface area contributed by atoms with Gasteiger partial charge in [0.2, 0.25) is 0 Å². The summed E-state index contributed by atoms with van der Waals surface area (Å²) in [5.41, 5.74) is 6.19. The van der Waals surface area contributed by atoms with Crippen molar-refractivity contribution in [3.63, 3.8) is 0 Å². The first kappa shape index (κ1) is 21.1. The van der Waals surface area contributed by atoms with Crippen molar-refractivity contribution in [1.29, 1.82) is 0 Å². The fourth-order valence-electron chi connectivity index (χ4n) is 3.41. The van der Waals surface area contributed by atoms with E-state index in [1.807, 2.05) is 97.9 Å². The van der Waals surface area contributed by atoms with Crippen molar-refractivity contribution in [1.82, 2.24) is 5.43 Å². The van der Waals surface area contributed by atoms with Crippen LogP contribution in [0.5, 0.6) is 11.5 Å². The fraction of sp³-hybridized carbons (Fsp3) is 0.111. The number of fused-ring (bicyclic) bond motifs is 1. The summed E-state index contributed by atoms with van der Waals surface area (Å²) in [4.78, 5) is 12.3. The first-order valence-electron chi connectivity index (χ1n) is 10.3. The number of carbonyl (C=O) groups excluding carboxylic acids is 1. The van der Waals surface area contributed by atoms with Gasteiger partial charge >= 0.3 is 0 Å². The van der Waals surface area contributed by atoms with Gasteiger partial charge in [-0.05, 0) is 53.1 Å². The number of hydrazone groups is 1. The summed E-state index contributed by atoms with van der Waals surface area (Å²) in [7, 11) is 1.65. The van der Waals surface area contributed by atoms with Gasteiger partial charge in [-0.25, -0.2) is 5.43 Å². The Kier molecular flexibility index (Phi) is 6.46. The maximum absolute atomic E-state index is 12.3. The summed E-state index contributed by atoms with van der Waals surface area (Å²) in [5.74, 6) is 1.15. The molecule has 0 radical (unpaired) electrons. The Bertz CT molecular complexity index is 1270. The first-order chi connectivity index (χ1) is 15.6. The zero-order valence-corrected chi connectivity index (χ0v) is 18.0. The third-order valence-electron chi connectivity index (χ3n) is 5.14. The quantitative estimate of drug-likeness (QED) is 0.318. The second-order valence-electron chi connectivity index (χ2n) is 7.31. The molecule has 4 rings (SSSR count). The lowest BCUT2D eigenvalue weighted by molar-refractivity contribution is -0.123. The number of nitrogens with zero attached hydrogens (tertiary/aromatic N) is 1. The average Bonchev–Trinajstić information content (AvgIpc) is 2.86. The van der Waals surface area contributed by atoms with Crippen LogP contribution in [-0.2, 0) is 4.79 Å².